The van der Waals surface area contributed by atoms with Gasteiger partial charge in [0.2, 0.25) is 0 Å². The van der Waals surface area contributed by atoms with Crippen LogP contribution in [0.3, 0.4) is 0 Å². The first-order valence-corrected chi connectivity index (χ1v) is 7.40. The van der Waals surface area contributed by atoms with Gasteiger partial charge in [-0.15, -0.1) is 0 Å². The van der Waals surface area contributed by atoms with Gasteiger partial charge in [-0.25, -0.2) is 4.98 Å². The van der Waals surface area contributed by atoms with Crippen molar-refractivity contribution in [3.8, 4) is 11.8 Å². The molecule has 0 radical (unpaired) electrons. The van der Waals surface area contributed by atoms with Crippen LogP contribution in [0.1, 0.15) is 19.4 Å². The number of halogens is 3. The number of rotatable bonds is 6. The number of hydrogen-bond donors (Lipinski definition) is 0. The fraction of sp³-hybridized carbons (Fsp3) is 0.375. The lowest BCUT2D eigenvalue weighted by atomic mass is 10.2. The quantitative estimate of drug-likeness (QED) is 0.793. The van der Waals surface area contributed by atoms with Crippen LogP contribution in [0.4, 0.5) is 24.7 Å². The Morgan fingerprint density at radius 3 is 2.21 bits per heavy atom. The number of hydrogen-bond acceptors (Lipinski definition) is 5. The Hall–Kier alpha value is -2.51. The van der Waals surface area contributed by atoms with Crippen molar-refractivity contribution < 1.29 is 22.6 Å². The number of nitrogens with zero attached hydrogens (tertiary/aromatic N) is 3. The van der Waals surface area contributed by atoms with E-state index in [2.05, 4.69) is 9.97 Å². The van der Waals surface area contributed by atoms with E-state index in [0.29, 0.717) is 18.0 Å². The van der Waals surface area contributed by atoms with E-state index in [-0.39, 0.29) is 18.4 Å². The van der Waals surface area contributed by atoms with Gasteiger partial charge in [0.1, 0.15) is 11.3 Å². The van der Waals surface area contributed by atoms with Gasteiger partial charge in [0, 0.05) is 18.9 Å². The summed E-state index contributed by atoms with van der Waals surface area (Å²) in [4.78, 5) is 8.85. The smallest absolute Gasteiger partial charge is 0.421 e. The zero-order valence-corrected chi connectivity index (χ0v) is 13.6. The Morgan fingerprint density at radius 2 is 1.67 bits per heavy atom. The Balaban J connectivity index is 2.41. The predicted molar refractivity (Wildman–Crippen MR) is 83.9 cm³/mol. The van der Waals surface area contributed by atoms with Crippen molar-refractivity contribution in [2.75, 3.05) is 25.2 Å². The van der Waals surface area contributed by atoms with Gasteiger partial charge in [-0.1, -0.05) is 0 Å². The van der Waals surface area contributed by atoms with Crippen LogP contribution in [0.2, 0.25) is 0 Å². The van der Waals surface area contributed by atoms with Gasteiger partial charge in [0.15, 0.2) is 5.82 Å². The highest BCUT2D eigenvalue weighted by Gasteiger charge is 2.36. The molecule has 0 atom stereocenters. The molecule has 5 nitrogen and oxygen atoms in total. The molecule has 0 fully saturated rings. The van der Waals surface area contributed by atoms with Crippen molar-refractivity contribution in [3.63, 3.8) is 0 Å². The average molecular weight is 341 g/mol. The van der Waals surface area contributed by atoms with Crippen molar-refractivity contribution >= 4 is 11.5 Å². The van der Waals surface area contributed by atoms with E-state index < -0.39 is 11.7 Å². The minimum Gasteiger partial charge on any atom is -0.494 e. The molecular weight excluding hydrogens is 323 g/mol. The van der Waals surface area contributed by atoms with Crippen LogP contribution >= 0.6 is 0 Å². The molecule has 0 aliphatic heterocycles. The largest absolute Gasteiger partial charge is 0.494 e. The summed E-state index contributed by atoms with van der Waals surface area (Å²) in [5.74, 6) is 0.369. The number of alkyl halides is 3. The van der Waals surface area contributed by atoms with Crippen LogP contribution in [0.25, 0.3) is 0 Å². The first kappa shape index (κ1) is 17.8. The van der Waals surface area contributed by atoms with Gasteiger partial charge in [0.05, 0.1) is 13.2 Å². The molecule has 0 aliphatic carbocycles. The molecule has 0 aliphatic rings. The van der Waals surface area contributed by atoms with Crippen LogP contribution in [0, 0.1) is 0 Å². The monoisotopic (exact) mass is 341 g/mol. The van der Waals surface area contributed by atoms with Crippen molar-refractivity contribution in [2.45, 2.75) is 20.0 Å². The molecule has 1 aromatic heterocycles. The Kier molecular flexibility index (Phi) is 5.48. The third-order valence-electron chi connectivity index (χ3n) is 3.18. The van der Waals surface area contributed by atoms with Crippen molar-refractivity contribution in [3.05, 3.63) is 36.0 Å². The standard InChI is InChI=1S/C16H18F3N3O2/c1-4-23-12-8-6-11(7-9-12)22(3)14-13(16(17,18)19)10-20-15(21-14)24-5-2/h6-10H,4-5H2,1-3H3. The Labute approximate surface area is 138 Å². The van der Waals surface area contributed by atoms with Gasteiger partial charge in [-0.3, -0.25) is 0 Å². The summed E-state index contributed by atoms with van der Waals surface area (Å²) in [6.45, 7) is 4.33. The average Bonchev–Trinajstić information content (AvgIpc) is 2.54. The molecule has 1 heterocycles. The molecule has 0 N–H and O–H groups in total. The molecule has 0 saturated heterocycles. The maximum absolute atomic E-state index is 13.2. The molecule has 0 unspecified atom stereocenters. The zero-order valence-electron chi connectivity index (χ0n) is 13.6. The fourth-order valence-electron chi connectivity index (χ4n) is 2.07. The molecular formula is C16H18F3N3O2. The van der Waals surface area contributed by atoms with Gasteiger partial charge >= 0.3 is 12.2 Å². The maximum Gasteiger partial charge on any atom is 0.421 e. The van der Waals surface area contributed by atoms with Crippen molar-refractivity contribution in [2.24, 2.45) is 0 Å². The SMILES string of the molecule is CCOc1ccc(N(C)c2nc(OCC)ncc2C(F)(F)F)cc1. The summed E-state index contributed by atoms with van der Waals surface area (Å²) in [5.41, 5.74) is -0.396. The van der Waals surface area contributed by atoms with E-state index >= 15 is 0 Å². The van der Waals surface area contributed by atoms with Crippen molar-refractivity contribution in [1.82, 2.24) is 9.97 Å². The third kappa shape index (κ3) is 4.06. The lowest BCUT2D eigenvalue weighted by Crippen LogP contribution is -2.19. The van der Waals surface area contributed by atoms with Gasteiger partial charge < -0.3 is 14.4 Å². The Morgan fingerprint density at radius 1 is 1.04 bits per heavy atom. The molecule has 8 heteroatoms. The number of anilines is 2. The summed E-state index contributed by atoms with van der Waals surface area (Å²) in [5, 5.41) is 0. The lowest BCUT2D eigenvalue weighted by Gasteiger charge is -2.22. The maximum atomic E-state index is 13.2. The first-order valence-electron chi connectivity index (χ1n) is 7.40. The summed E-state index contributed by atoms with van der Waals surface area (Å²) in [6.07, 6.45) is -3.84. The second-order valence-electron chi connectivity index (χ2n) is 4.81. The second-order valence-corrected chi connectivity index (χ2v) is 4.81. The van der Waals surface area contributed by atoms with Crippen LogP contribution in [0.15, 0.2) is 30.5 Å². The highest BCUT2D eigenvalue weighted by atomic mass is 19.4. The molecule has 0 amide bonds. The summed E-state index contributed by atoms with van der Waals surface area (Å²) >= 11 is 0. The van der Waals surface area contributed by atoms with E-state index in [1.54, 1.807) is 31.2 Å². The molecule has 2 rings (SSSR count). The van der Waals surface area contributed by atoms with Crippen LogP contribution < -0.4 is 14.4 Å². The van der Waals surface area contributed by atoms with Crippen molar-refractivity contribution in [1.29, 1.82) is 0 Å². The number of benzene rings is 1. The summed E-state index contributed by atoms with van der Waals surface area (Å²) in [6, 6.07) is 6.60. The first-order chi connectivity index (χ1) is 11.4. The van der Waals surface area contributed by atoms with Gasteiger partial charge in [0.25, 0.3) is 0 Å². The highest BCUT2D eigenvalue weighted by molar-refractivity contribution is 5.63. The summed E-state index contributed by atoms with van der Waals surface area (Å²) in [7, 11) is 1.50. The molecule has 0 spiro atoms. The molecule has 24 heavy (non-hydrogen) atoms. The highest BCUT2D eigenvalue weighted by Crippen LogP contribution is 2.37. The van der Waals surface area contributed by atoms with Gasteiger partial charge in [-0.2, -0.15) is 18.2 Å². The molecule has 1 aromatic carbocycles. The molecule has 130 valence electrons. The van der Waals surface area contributed by atoms with E-state index in [9.17, 15) is 13.2 Å². The predicted octanol–water partition coefficient (Wildman–Crippen LogP) is 4.06. The molecule has 0 bridgehead atoms. The topological polar surface area (TPSA) is 47.5 Å². The Bertz CT molecular complexity index is 675. The minimum absolute atomic E-state index is 0.0988. The van der Waals surface area contributed by atoms with Crippen LogP contribution in [-0.4, -0.2) is 30.2 Å². The summed E-state index contributed by atoms with van der Waals surface area (Å²) < 4.78 is 50.2. The number of ether oxygens (including phenoxy) is 2. The number of aromatic nitrogens is 2. The molecule has 2 aromatic rings. The second kappa shape index (κ2) is 7.37. The minimum atomic E-state index is -4.57. The fourth-order valence-corrected chi connectivity index (χ4v) is 2.07. The van der Waals surface area contributed by atoms with Crippen LogP contribution in [-0.2, 0) is 6.18 Å². The van der Waals surface area contributed by atoms with E-state index in [1.165, 1.54) is 11.9 Å². The normalized spacial score (nSPS) is 11.2. The lowest BCUT2D eigenvalue weighted by molar-refractivity contribution is -0.137. The third-order valence-corrected chi connectivity index (χ3v) is 3.18. The molecule has 0 saturated carbocycles. The van der Waals surface area contributed by atoms with E-state index in [4.69, 9.17) is 9.47 Å². The van der Waals surface area contributed by atoms with E-state index in [1.807, 2.05) is 6.92 Å². The van der Waals surface area contributed by atoms with Crippen LogP contribution in [0.5, 0.6) is 11.8 Å². The zero-order chi connectivity index (χ0) is 17.7. The van der Waals surface area contributed by atoms with Gasteiger partial charge in [-0.05, 0) is 38.1 Å². The van der Waals surface area contributed by atoms with E-state index in [0.717, 1.165) is 6.20 Å².